The average Bonchev–Trinajstić information content (AvgIpc) is 2.89. The second-order valence-corrected chi connectivity index (χ2v) is 11.3. The molecule has 0 aromatic carbocycles. The Bertz CT molecular complexity index is 887. The summed E-state index contributed by atoms with van der Waals surface area (Å²) in [4.78, 5) is 75.8. The molecule has 2 fully saturated rings. The molecule has 16 heteroatoms. The van der Waals surface area contributed by atoms with Crippen molar-refractivity contribution >= 4 is 35.8 Å². The van der Waals surface area contributed by atoms with Crippen molar-refractivity contribution in [3.05, 3.63) is 0 Å². The molecule has 0 spiro atoms. The SMILES string of the molecule is O=C(O)CN(CCCN(CC(=O)O)C1CCCCC1N(CC(=O)O)CC(=O)O)C1CCCCC1N(CC(=O)O)CC(=O)O. The van der Waals surface area contributed by atoms with E-state index in [-0.39, 0.29) is 26.2 Å². The first-order valence-electron chi connectivity index (χ1n) is 14.5. The zero-order valence-electron chi connectivity index (χ0n) is 24.3. The lowest BCUT2D eigenvalue weighted by Gasteiger charge is -2.45. The lowest BCUT2D eigenvalue weighted by atomic mass is 9.87. The van der Waals surface area contributed by atoms with Crippen LogP contribution in [0.3, 0.4) is 0 Å². The Labute approximate surface area is 249 Å². The Morgan fingerprint density at radius 3 is 0.837 bits per heavy atom. The summed E-state index contributed by atoms with van der Waals surface area (Å²) in [5.74, 6) is -6.99. The van der Waals surface area contributed by atoms with E-state index in [1.165, 1.54) is 9.80 Å². The topological polar surface area (TPSA) is 237 Å². The normalized spacial score (nSPS) is 22.6. The van der Waals surface area contributed by atoms with E-state index >= 15 is 0 Å². The van der Waals surface area contributed by atoms with E-state index in [9.17, 15) is 59.4 Å². The third kappa shape index (κ3) is 12.4. The van der Waals surface area contributed by atoms with E-state index < -0.39 is 86.2 Å². The summed E-state index contributed by atoms with van der Waals surface area (Å²) in [5.41, 5.74) is 0. The molecule has 2 aliphatic carbocycles. The second-order valence-electron chi connectivity index (χ2n) is 11.3. The quantitative estimate of drug-likeness (QED) is 0.103. The van der Waals surface area contributed by atoms with Gasteiger partial charge in [-0.25, -0.2) is 0 Å². The fourth-order valence-corrected chi connectivity index (χ4v) is 6.71. The zero-order chi connectivity index (χ0) is 32.1. The van der Waals surface area contributed by atoms with Gasteiger partial charge >= 0.3 is 35.8 Å². The molecule has 0 amide bonds. The third-order valence-corrected chi connectivity index (χ3v) is 8.18. The molecule has 2 rings (SSSR count). The molecule has 4 atom stereocenters. The number of carbonyl (C=O) groups is 6. The summed E-state index contributed by atoms with van der Waals surface area (Å²) in [5, 5.41) is 56.9. The molecule has 0 heterocycles. The number of hydrogen-bond acceptors (Lipinski definition) is 10. The van der Waals surface area contributed by atoms with Crippen LogP contribution in [0.5, 0.6) is 0 Å². The van der Waals surface area contributed by atoms with Gasteiger partial charge in [0.05, 0.1) is 39.3 Å². The van der Waals surface area contributed by atoms with E-state index in [0.29, 0.717) is 32.1 Å². The van der Waals surface area contributed by atoms with E-state index in [4.69, 9.17) is 0 Å². The van der Waals surface area contributed by atoms with Gasteiger partial charge in [0, 0.05) is 37.3 Å². The highest BCUT2D eigenvalue weighted by Gasteiger charge is 2.38. The van der Waals surface area contributed by atoms with Crippen LogP contribution in [0.4, 0.5) is 0 Å². The lowest BCUT2D eigenvalue weighted by Crippen LogP contribution is -2.58. The van der Waals surface area contributed by atoms with Gasteiger partial charge in [-0.2, -0.15) is 0 Å². The Kier molecular flexibility index (Phi) is 14.8. The molecule has 2 aliphatic rings. The average molecular weight is 617 g/mol. The smallest absolute Gasteiger partial charge is 0.317 e. The standard InChI is InChI=1S/C27H44N4O12/c32-22(33)12-28(18-6-1-3-8-20(18)30(14-24(36)37)15-25(38)39)10-5-11-29(13-23(34)35)19-7-2-4-9-21(19)31(16-26(40)41)17-27(42)43/h18-21H,1-17H2,(H,32,33)(H,34,35)(H,36,37)(H,38,39)(H,40,41)(H,42,43). The fourth-order valence-electron chi connectivity index (χ4n) is 6.71. The van der Waals surface area contributed by atoms with E-state index in [1.807, 2.05) is 0 Å². The summed E-state index contributed by atoms with van der Waals surface area (Å²) >= 11 is 0. The van der Waals surface area contributed by atoms with Crippen molar-refractivity contribution in [1.29, 1.82) is 0 Å². The van der Waals surface area contributed by atoms with Crippen LogP contribution < -0.4 is 0 Å². The minimum absolute atomic E-state index is 0.211. The van der Waals surface area contributed by atoms with Crippen molar-refractivity contribution in [3.63, 3.8) is 0 Å². The van der Waals surface area contributed by atoms with Crippen LogP contribution in [-0.4, -0.2) is 163 Å². The predicted octanol–water partition coefficient (Wildman–Crippen LogP) is -0.285. The number of hydrogen-bond donors (Lipinski definition) is 6. The molecule has 0 aliphatic heterocycles. The number of carboxylic acid groups (broad SMARTS) is 6. The molecule has 6 N–H and O–H groups in total. The molecule has 0 aromatic rings. The van der Waals surface area contributed by atoms with Crippen LogP contribution in [0.1, 0.15) is 57.8 Å². The maximum atomic E-state index is 11.8. The molecular weight excluding hydrogens is 572 g/mol. The van der Waals surface area contributed by atoms with Gasteiger partial charge in [-0.3, -0.25) is 48.4 Å². The van der Waals surface area contributed by atoms with E-state index in [0.717, 1.165) is 25.7 Å². The van der Waals surface area contributed by atoms with Crippen LogP contribution in [-0.2, 0) is 28.8 Å². The first kappa shape index (κ1) is 35.9. The number of aliphatic carboxylic acids is 6. The first-order chi connectivity index (χ1) is 20.3. The molecule has 0 radical (unpaired) electrons. The van der Waals surface area contributed by atoms with Gasteiger partial charge in [-0.1, -0.05) is 25.7 Å². The van der Waals surface area contributed by atoms with Crippen LogP contribution in [0.25, 0.3) is 0 Å². The van der Waals surface area contributed by atoms with Gasteiger partial charge in [-0.05, 0) is 32.1 Å². The Hall–Kier alpha value is -3.34. The largest absolute Gasteiger partial charge is 0.480 e. The first-order valence-corrected chi connectivity index (χ1v) is 14.5. The van der Waals surface area contributed by atoms with Gasteiger partial charge in [0.25, 0.3) is 0 Å². The Morgan fingerprint density at radius 1 is 0.395 bits per heavy atom. The van der Waals surface area contributed by atoms with Gasteiger partial charge < -0.3 is 30.6 Å². The molecule has 0 aromatic heterocycles. The highest BCUT2D eigenvalue weighted by atomic mass is 16.4. The molecule has 0 saturated heterocycles. The van der Waals surface area contributed by atoms with Crippen molar-refractivity contribution in [2.24, 2.45) is 0 Å². The molecule has 16 nitrogen and oxygen atoms in total. The second kappa shape index (κ2) is 17.7. The third-order valence-electron chi connectivity index (χ3n) is 8.18. The summed E-state index contributed by atoms with van der Waals surface area (Å²) in [6.07, 6.45) is 5.37. The number of rotatable bonds is 20. The minimum atomic E-state index is -1.19. The van der Waals surface area contributed by atoms with Crippen molar-refractivity contribution < 1.29 is 59.4 Å². The van der Waals surface area contributed by atoms with Crippen molar-refractivity contribution in [2.45, 2.75) is 82.0 Å². The van der Waals surface area contributed by atoms with Crippen LogP contribution in [0, 0.1) is 0 Å². The van der Waals surface area contributed by atoms with Crippen molar-refractivity contribution in [2.75, 3.05) is 52.4 Å². The van der Waals surface area contributed by atoms with Crippen molar-refractivity contribution in [3.8, 4) is 0 Å². The van der Waals surface area contributed by atoms with Gasteiger partial charge in [0.2, 0.25) is 0 Å². The van der Waals surface area contributed by atoms with Gasteiger partial charge in [-0.15, -0.1) is 0 Å². The molecule has 0 bridgehead atoms. The maximum absolute atomic E-state index is 11.8. The van der Waals surface area contributed by atoms with Gasteiger partial charge in [0.15, 0.2) is 0 Å². The summed E-state index contributed by atoms with van der Waals surface area (Å²) < 4.78 is 0. The number of carboxylic acids is 6. The van der Waals surface area contributed by atoms with Gasteiger partial charge in [0.1, 0.15) is 0 Å². The minimum Gasteiger partial charge on any atom is -0.480 e. The van der Waals surface area contributed by atoms with E-state index in [2.05, 4.69) is 0 Å². The lowest BCUT2D eigenvalue weighted by molar-refractivity contribution is -0.146. The zero-order valence-corrected chi connectivity index (χ0v) is 24.3. The van der Waals surface area contributed by atoms with Crippen molar-refractivity contribution in [1.82, 2.24) is 19.6 Å². The fraction of sp³-hybridized carbons (Fsp3) is 0.778. The van der Waals surface area contributed by atoms with Crippen LogP contribution >= 0.6 is 0 Å². The Morgan fingerprint density at radius 2 is 0.605 bits per heavy atom. The summed E-state index contributed by atoms with van der Waals surface area (Å²) in [6.45, 7) is -2.35. The predicted molar refractivity (Wildman–Crippen MR) is 149 cm³/mol. The highest BCUT2D eigenvalue weighted by molar-refractivity contribution is 5.73. The molecule has 244 valence electrons. The van der Waals surface area contributed by atoms with E-state index in [1.54, 1.807) is 9.80 Å². The monoisotopic (exact) mass is 616 g/mol. The summed E-state index contributed by atoms with van der Waals surface area (Å²) in [7, 11) is 0. The maximum Gasteiger partial charge on any atom is 0.317 e. The molecule has 43 heavy (non-hydrogen) atoms. The highest BCUT2D eigenvalue weighted by Crippen LogP contribution is 2.29. The molecular formula is C27H44N4O12. The Balaban J connectivity index is 2.26. The molecule has 2 saturated carbocycles. The van der Waals surface area contributed by atoms with Crippen LogP contribution in [0.15, 0.2) is 0 Å². The summed E-state index contributed by atoms with van der Waals surface area (Å²) in [6, 6.07) is -1.86. The van der Waals surface area contributed by atoms with Crippen LogP contribution in [0.2, 0.25) is 0 Å². The number of nitrogens with zero attached hydrogens (tertiary/aromatic N) is 4. The molecule has 4 unspecified atom stereocenters.